The van der Waals surface area contributed by atoms with Crippen LogP contribution < -0.4 is 4.74 Å². The molecule has 0 radical (unpaired) electrons. The molecule has 0 aliphatic heterocycles. The Morgan fingerprint density at radius 3 is 2.21 bits per heavy atom. The second-order valence-corrected chi connectivity index (χ2v) is 10.6. The number of unbranched alkanes of at least 4 members (excludes halogenated alkanes) is 4. The standard InChI is InChI=1S/C30H39F3O/c1-3-4-5-6-7-8-20-9-10-22-16-23(12-11-21(22)15-20)25-18-27(32)30(28(33)19-25)24-13-14-29(34-2)26(31)17-24/h13-14,17-23H,3-12,15-16H2,1-2H3/t20?,21-,22-,23-/m1/s1. The second kappa shape index (κ2) is 11.6. The molecule has 0 aromatic heterocycles. The van der Waals surface area contributed by atoms with Crippen molar-refractivity contribution in [2.45, 2.75) is 89.9 Å². The van der Waals surface area contributed by atoms with Gasteiger partial charge in [-0.25, -0.2) is 13.2 Å². The number of fused-ring (bicyclic) bond motifs is 1. The Morgan fingerprint density at radius 2 is 1.50 bits per heavy atom. The summed E-state index contributed by atoms with van der Waals surface area (Å²) in [6, 6.07) is 6.99. The molecule has 0 bridgehead atoms. The van der Waals surface area contributed by atoms with E-state index in [4.69, 9.17) is 4.74 Å². The van der Waals surface area contributed by atoms with Crippen molar-refractivity contribution >= 4 is 0 Å². The lowest BCUT2D eigenvalue weighted by molar-refractivity contribution is 0.113. The van der Waals surface area contributed by atoms with Crippen LogP contribution in [0.25, 0.3) is 11.1 Å². The highest BCUT2D eigenvalue weighted by molar-refractivity contribution is 5.66. The van der Waals surface area contributed by atoms with Crippen LogP contribution in [0, 0.1) is 35.2 Å². The molecular formula is C30H39F3O. The van der Waals surface area contributed by atoms with Crippen LogP contribution in [0.4, 0.5) is 13.2 Å². The lowest BCUT2D eigenvalue weighted by Gasteiger charge is -2.42. The van der Waals surface area contributed by atoms with Crippen molar-refractivity contribution in [1.82, 2.24) is 0 Å². The SMILES string of the molecule is CCCCCCCC1CC[C@@H]2C[C@H](c3cc(F)c(-c4ccc(OC)c(F)c4)c(F)c3)CC[C@@H]2C1. The first-order valence-corrected chi connectivity index (χ1v) is 13.3. The van der Waals surface area contributed by atoms with Crippen LogP contribution in [0.5, 0.6) is 5.75 Å². The molecule has 0 amide bonds. The molecule has 0 saturated heterocycles. The number of ether oxygens (including phenoxy) is 1. The highest BCUT2D eigenvalue weighted by Crippen LogP contribution is 2.49. The van der Waals surface area contributed by atoms with E-state index in [1.807, 2.05) is 0 Å². The summed E-state index contributed by atoms with van der Waals surface area (Å²) in [6.45, 7) is 2.26. The number of methoxy groups -OCH3 is 1. The lowest BCUT2D eigenvalue weighted by atomic mass is 9.63. The van der Waals surface area contributed by atoms with Gasteiger partial charge >= 0.3 is 0 Å². The highest BCUT2D eigenvalue weighted by Gasteiger charge is 2.36. The molecular weight excluding hydrogens is 433 g/mol. The summed E-state index contributed by atoms with van der Waals surface area (Å²) in [5, 5.41) is 0. The van der Waals surface area contributed by atoms with Gasteiger partial charge in [-0.3, -0.25) is 0 Å². The summed E-state index contributed by atoms with van der Waals surface area (Å²) in [5.41, 5.74) is 0.777. The van der Waals surface area contributed by atoms with Crippen molar-refractivity contribution in [1.29, 1.82) is 0 Å². The monoisotopic (exact) mass is 472 g/mol. The van der Waals surface area contributed by atoms with Crippen molar-refractivity contribution in [3.8, 4) is 16.9 Å². The largest absolute Gasteiger partial charge is 0.494 e. The van der Waals surface area contributed by atoms with E-state index in [9.17, 15) is 4.39 Å². The number of hydrogen-bond donors (Lipinski definition) is 0. The van der Waals surface area contributed by atoms with Gasteiger partial charge in [-0.15, -0.1) is 0 Å². The Morgan fingerprint density at radius 1 is 0.794 bits per heavy atom. The van der Waals surface area contributed by atoms with Crippen molar-refractivity contribution in [3.63, 3.8) is 0 Å². The fourth-order valence-corrected chi connectivity index (χ4v) is 6.51. The quantitative estimate of drug-likeness (QED) is 0.330. The minimum atomic E-state index is -0.627. The normalized spacial score (nSPS) is 24.6. The smallest absolute Gasteiger partial charge is 0.165 e. The maximum absolute atomic E-state index is 15.1. The summed E-state index contributed by atoms with van der Waals surface area (Å²) < 4.78 is 49.1. The molecule has 2 aliphatic carbocycles. The molecule has 4 rings (SSSR count). The van der Waals surface area contributed by atoms with Gasteiger partial charge in [0.25, 0.3) is 0 Å². The van der Waals surface area contributed by atoms with E-state index in [1.165, 1.54) is 89.2 Å². The molecule has 4 atom stereocenters. The number of hydrogen-bond acceptors (Lipinski definition) is 1. The molecule has 186 valence electrons. The van der Waals surface area contributed by atoms with Crippen LogP contribution in [0.1, 0.15) is 95.5 Å². The Balaban J connectivity index is 1.38. The first-order valence-electron chi connectivity index (χ1n) is 13.3. The first-order chi connectivity index (χ1) is 16.5. The van der Waals surface area contributed by atoms with Crippen molar-refractivity contribution in [2.75, 3.05) is 7.11 Å². The predicted molar refractivity (Wildman–Crippen MR) is 133 cm³/mol. The average molecular weight is 473 g/mol. The molecule has 0 N–H and O–H groups in total. The van der Waals surface area contributed by atoms with Gasteiger partial charge in [0.2, 0.25) is 0 Å². The topological polar surface area (TPSA) is 9.23 Å². The third-order valence-electron chi connectivity index (χ3n) is 8.41. The van der Waals surface area contributed by atoms with Crippen LogP contribution in [0.15, 0.2) is 30.3 Å². The zero-order chi connectivity index (χ0) is 24.1. The third kappa shape index (κ3) is 5.80. The zero-order valence-corrected chi connectivity index (χ0v) is 20.7. The molecule has 34 heavy (non-hydrogen) atoms. The van der Waals surface area contributed by atoms with Gasteiger partial charge in [0.1, 0.15) is 11.6 Å². The van der Waals surface area contributed by atoms with Gasteiger partial charge in [-0.05, 0) is 91.2 Å². The Labute approximate surface area is 203 Å². The fourth-order valence-electron chi connectivity index (χ4n) is 6.51. The van der Waals surface area contributed by atoms with E-state index in [0.717, 1.165) is 42.7 Å². The van der Waals surface area contributed by atoms with Crippen molar-refractivity contribution in [2.24, 2.45) is 17.8 Å². The lowest BCUT2D eigenvalue weighted by Crippen LogP contribution is -2.30. The Bertz CT molecular complexity index is 933. The number of rotatable bonds is 9. The molecule has 1 unspecified atom stereocenters. The summed E-state index contributed by atoms with van der Waals surface area (Å²) in [4.78, 5) is 0. The molecule has 2 aliphatic rings. The van der Waals surface area contributed by atoms with Crippen LogP contribution in [0.3, 0.4) is 0 Å². The van der Waals surface area contributed by atoms with Crippen LogP contribution >= 0.6 is 0 Å². The number of halogens is 3. The van der Waals surface area contributed by atoms with Crippen LogP contribution in [-0.4, -0.2) is 7.11 Å². The van der Waals surface area contributed by atoms with E-state index in [-0.39, 0.29) is 22.8 Å². The molecule has 0 spiro atoms. The predicted octanol–water partition coefficient (Wildman–Crippen LogP) is 9.44. The fraction of sp³-hybridized carbons (Fsp3) is 0.600. The molecule has 2 fully saturated rings. The summed E-state index contributed by atoms with van der Waals surface area (Å²) in [5.74, 6) is 0.735. The van der Waals surface area contributed by atoms with E-state index >= 15 is 8.78 Å². The van der Waals surface area contributed by atoms with Crippen molar-refractivity contribution < 1.29 is 17.9 Å². The van der Waals surface area contributed by atoms with Gasteiger partial charge < -0.3 is 4.74 Å². The molecule has 0 heterocycles. The molecule has 4 heteroatoms. The van der Waals surface area contributed by atoms with Crippen LogP contribution in [0.2, 0.25) is 0 Å². The minimum absolute atomic E-state index is 0.0594. The minimum Gasteiger partial charge on any atom is -0.494 e. The molecule has 2 saturated carbocycles. The van der Waals surface area contributed by atoms with Gasteiger partial charge in [0.05, 0.1) is 12.7 Å². The van der Waals surface area contributed by atoms with E-state index < -0.39 is 17.5 Å². The van der Waals surface area contributed by atoms with Crippen LogP contribution in [-0.2, 0) is 0 Å². The summed E-state index contributed by atoms with van der Waals surface area (Å²) in [6.07, 6.45) is 15.2. The summed E-state index contributed by atoms with van der Waals surface area (Å²) in [7, 11) is 1.36. The number of benzene rings is 2. The van der Waals surface area contributed by atoms with Gasteiger partial charge in [0, 0.05) is 0 Å². The van der Waals surface area contributed by atoms with Crippen molar-refractivity contribution in [3.05, 3.63) is 53.3 Å². The third-order valence-corrected chi connectivity index (χ3v) is 8.41. The second-order valence-electron chi connectivity index (χ2n) is 10.6. The first kappa shape index (κ1) is 25.1. The maximum atomic E-state index is 15.1. The van der Waals surface area contributed by atoms with Gasteiger partial charge in [-0.1, -0.05) is 57.9 Å². The summed E-state index contributed by atoms with van der Waals surface area (Å²) >= 11 is 0. The highest BCUT2D eigenvalue weighted by atomic mass is 19.1. The van der Waals surface area contributed by atoms with Gasteiger partial charge in [-0.2, -0.15) is 0 Å². The Kier molecular flexibility index (Phi) is 8.60. The maximum Gasteiger partial charge on any atom is 0.165 e. The van der Waals surface area contributed by atoms with E-state index in [2.05, 4.69) is 6.92 Å². The molecule has 2 aromatic carbocycles. The Hall–Kier alpha value is -1.97. The molecule has 2 aromatic rings. The van der Waals surface area contributed by atoms with Gasteiger partial charge in [0.15, 0.2) is 11.6 Å². The van der Waals surface area contributed by atoms with E-state index in [1.54, 1.807) is 0 Å². The van der Waals surface area contributed by atoms with E-state index in [0.29, 0.717) is 5.92 Å². The molecule has 1 nitrogen and oxygen atoms in total. The zero-order valence-electron chi connectivity index (χ0n) is 20.7. The average Bonchev–Trinajstić information content (AvgIpc) is 2.83.